The Morgan fingerprint density at radius 3 is 2.80 bits per heavy atom. The standard InChI is InChI=1S/C15H13ClFN3/c1-9-7-20-8-12(5-13(16)15(20)19-9)10-2-3-14(17)11(4-10)6-18/h2-5,7-8H,6,18H2,1H3. The van der Waals surface area contributed by atoms with E-state index in [0.29, 0.717) is 16.2 Å². The average molecular weight is 290 g/mol. The minimum Gasteiger partial charge on any atom is -0.326 e. The first-order valence-corrected chi connectivity index (χ1v) is 6.60. The number of aromatic nitrogens is 2. The third-order valence-corrected chi connectivity index (χ3v) is 3.50. The van der Waals surface area contributed by atoms with Crippen LogP contribution in [-0.2, 0) is 6.54 Å². The van der Waals surface area contributed by atoms with Gasteiger partial charge in [0.2, 0.25) is 0 Å². The molecule has 0 saturated heterocycles. The molecule has 0 fully saturated rings. The van der Waals surface area contributed by atoms with Gasteiger partial charge in [0.05, 0.1) is 10.7 Å². The Hall–Kier alpha value is -1.91. The lowest BCUT2D eigenvalue weighted by Crippen LogP contribution is -2.00. The van der Waals surface area contributed by atoms with E-state index in [9.17, 15) is 4.39 Å². The Labute approximate surface area is 120 Å². The molecule has 0 unspecified atom stereocenters. The van der Waals surface area contributed by atoms with E-state index in [0.717, 1.165) is 16.8 Å². The van der Waals surface area contributed by atoms with Gasteiger partial charge in [-0.3, -0.25) is 0 Å². The van der Waals surface area contributed by atoms with Gasteiger partial charge < -0.3 is 10.1 Å². The van der Waals surface area contributed by atoms with E-state index >= 15 is 0 Å². The molecular weight excluding hydrogens is 277 g/mol. The molecule has 102 valence electrons. The van der Waals surface area contributed by atoms with Crippen LogP contribution in [0.2, 0.25) is 5.02 Å². The Kier molecular flexibility index (Phi) is 3.20. The van der Waals surface area contributed by atoms with E-state index in [4.69, 9.17) is 17.3 Å². The Balaban J connectivity index is 2.18. The van der Waals surface area contributed by atoms with Gasteiger partial charge in [0.15, 0.2) is 5.65 Å². The molecule has 0 aliphatic heterocycles. The summed E-state index contributed by atoms with van der Waals surface area (Å²) in [6, 6.07) is 6.72. The van der Waals surface area contributed by atoms with Crippen LogP contribution in [-0.4, -0.2) is 9.38 Å². The van der Waals surface area contributed by atoms with Crippen molar-refractivity contribution in [2.75, 3.05) is 0 Å². The molecule has 0 atom stereocenters. The lowest BCUT2D eigenvalue weighted by molar-refractivity contribution is 0.611. The lowest BCUT2D eigenvalue weighted by atomic mass is 10.0. The maximum atomic E-state index is 13.5. The van der Waals surface area contributed by atoms with Crippen molar-refractivity contribution in [1.29, 1.82) is 0 Å². The number of imidazole rings is 1. The van der Waals surface area contributed by atoms with Crippen molar-refractivity contribution < 1.29 is 4.39 Å². The molecule has 3 nitrogen and oxygen atoms in total. The topological polar surface area (TPSA) is 43.3 Å². The summed E-state index contributed by atoms with van der Waals surface area (Å²) in [4.78, 5) is 4.35. The highest BCUT2D eigenvalue weighted by atomic mass is 35.5. The van der Waals surface area contributed by atoms with Gasteiger partial charge in [-0.1, -0.05) is 17.7 Å². The highest BCUT2D eigenvalue weighted by Gasteiger charge is 2.09. The minimum absolute atomic E-state index is 0.167. The fourth-order valence-electron chi connectivity index (χ4n) is 2.25. The second-order valence-corrected chi connectivity index (χ2v) is 5.11. The fraction of sp³-hybridized carbons (Fsp3) is 0.133. The average Bonchev–Trinajstić information content (AvgIpc) is 2.80. The highest BCUT2D eigenvalue weighted by molar-refractivity contribution is 6.33. The number of hydrogen-bond donors (Lipinski definition) is 1. The van der Waals surface area contributed by atoms with Gasteiger partial charge in [0, 0.05) is 24.5 Å². The first-order valence-electron chi connectivity index (χ1n) is 6.22. The molecule has 0 radical (unpaired) electrons. The molecule has 2 aromatic heterocycles. The van der Waals surface area contributed by atoms with Gasteiger partial charge in [-0.25, -0.2) is 9.37 Å². The van der Waals surface area contributed by atoms with Gasteiger partial charge in [0.25, 0.3) is 0 Å². The molecule has 0 bridgehead atoms. The molecule has 3 aromatic rings. The van der Waals surface area contributed by atoms with Crippen LogP contribution in [0.1, 0.15) is 11.3 Å². The number of hydrogen-bond acceptors (Lipinski definition) is 2. The van der Waals surface area contributed by atoms with Gasteiger partial charge >= 0.3 is 0 Å². The van der Waals surface area contributed by atoms with Crippen LogP contribution in [0.25, 0.3) is 16.8 Å². The van der Waals surface area contributed by atoms with Crippen LogP contribution in [0.4, 0.5) is 4.39 Å². The van der Waals surface area contributed by atoms with E-state index in [1.54, 1.807) is 12.1 Å². The van der Waals surface area contributed by atoms with Crippen LogP contribution in [0.15, 0.2) is 36.7 Å². The third-order valence-electron chi connectivity index (χ3n) is 3.23. The molecule has 1 aromatic carbocycles. The van der Waals surface area contributed by atoms with E-state index in [1.165, 1.54) is 6.07 Å². The van der Waals surface area contributed by atoms with Crippen LogP contribution in [0.5, 0.6) is 0 Å². The molecule has 20 heavy (non-hydrogen) atoms. The molecular formula is C15H13ClFN3. The monoisotopic (exact) mass is 289 g/mol. The van der Waals surface area contributed by atoms with Crippen molar-refractivity contribution >= 4 is 17.2 Å². The van der Waals surface area contributed by atoms with Crippen LogP contribution >= 0.6 is 11.6 Å². The van der Waals surface area contributed by atoms with E-state index in [2.05, 4.69) is 4.98 Å². The van der Waals surface area contributed by atoms with Gasteiger partial charge in [-0.15, -0.1) is 0 Å². The molecule has 5 heteroatoms. The highest BCUT2D eigenvalue weighted by Crippen LogP contribution is 2.27. The third kappa shape index (κ3) is 2.17. The molecule has 0 aliphatic carbocycles. The van der Waals surface area contributed by atoms with E-state index in [-0.39, 0.29) is 12.4 Å². The number of rotatable bonds is 2. The van der Waals surface area contributed by atoms with Crippen LogP contribution in [0, 0.1) is 12.7 Å². The maximum Gasteiger partial charge on any atom is 0.155 e. The summed E-state index contributed by atoms with van der Waals surface area (Å²) in [7, 11) is 0. The van der Waals surface area contributed by atoms with Crippen LogP contribution in [0.3, 0.4) is 0 Å². The molecule has 0 amide bonds. The summed E-state index contributed by atoms with van der Waals surface area (Å²) in [5.74, 6) is -0.290. The SMILES string of the molecule is Cc1cn2cc(-c3ccc(F)c(CN)c3)cc(Cl)c2n1. The van der Waals surface area contributed by atoms with Crippen molar-refractivity contribution in [2.45, 2.75) is 13.5 Å². The second-order valence-electron chi connectivity index (χ2n) is 4.70. The normalized spacial score (nSPS) is 11.2. The Morgan fingerprint density at radius 1 is 1.25 bits per heavy atom. The number of halogens is 2. The number of benzene rings is 1. The van der Waals surface area contributed by atoms with Crippen molar-refractivity contribution in [3.63, 3.8) is 0 Å². The largest absolute Gasteiger partial charge is 0.326 e. The van der Waals surface area contributed by atoms with Crippen molar-refractivity contribution in [3.8, 4) is 11.1 Å². The summed E-state index contributed by atoms with van der Waals surface area (Å²) in [6.45, 7) is 2.08. The number of nitrogens with zero attached hydrogens (tertiary/aromatic N) is 2. The molecule has 2 N–H and O–H groups in total. The van der Waals surface area contributed by atoms with Crippen LogP contribution < -0.4 is 5.73 Å². The number of pyridine rings is 1. The molecule has 0 spiro atoms. The second kappa shape index (κ2) is 4.89. The summed E-state index contributed by atoms with van der Waals surface area (Å²) < 4.78 is 15.4. The summed E-state index contributed by atoms with van der Waals surface area (Å²) >= 11 is 6.25. The van der Waals surface area contributed by atoms with Gasteiger partial charge in [0.1, 0.15) is 5.82 Å². The quantitative estimate of drug-likeness (QED) is 0.784. The van der Waals surface area contributed by atoms with Crippen molar-refractivity contribution in [2.24, 2.45) is 5.73 Å². The zero-order valence-electron chi connectivity index (χ0n) is 10.9. The Morgan fingerprint density at radius 2 is 2.05 bits per heavy atom. The van der Waals surface area contributed by atoms with E-state index in [1.807, 2.05) is 29.8 Å². The number of fused-ring (bicyclic) bond motifs is 1. The van der Waals surface area contributed by atoms with Crippen molar-refractivity contribution in [1.82, 2.24) is 9.38 Å². The molecule has 0 saturated carbocycles. The molecule has 2 heterocycles. The van der Waals surface area contributed by atoms with Crippen molar-refractivity contribution in [3.05, 3.63) is 58.8 Å². The zero-order valence-corrected chi connectivity index (χ0v) is 11.7. The first kappa shape index (κ1) is 13.1. The number of aryl methyl sites for hydroxylation is 1. The zero-order chi connectivity index (χ0) is 14.3. The number of nitrogens with two attached hydrogens (primary N) is 1. The predicted octanol–water partition coefficient (Wildman–Crippen LogP) is 3.56. The minimum atomic E-state index is -0.290. The summed E-state index contributed by atoms with van der Waals surface area (Å²) in [5.41, 5.74) is 9.41. The maximum absolute atomic E-state index is 13.5. The molecule has 3 rings (SSSR count). The van der Waals surface area contributed by atoms with Gasteiger partial charge in [-0.2, -0.15) is 0 Å². The smallest absolute Gasteiger partial charge is 0.155 e. The Bertz CT molecular complexity index is 795. The van der Waals surface area contributed by atoms with E-state index < -0.39 is 0 Å². The summed E-state index contributed by atoms with van der Waals surface area (Å²) in [6.07, 6.45) is 3.83. The molecule has 0 aliphatic rings. The summed E-state index contributed by atoms with van der Waals surface area (Å²) in [5, 5.41) is 0.564. The first-order chi connectivity index (χ1) is 9.58. The lowest BCUT2D eigenvalue weighted by Gasteiger charge is -2.07. The van der Waals surface area contributed by atoms with Gasteiger partial charge in [-0.05, 0) is 36.2 Å². The fourth-order valence-corrected chi connectivity index (χ4v) is 2.51. The predicted molar refractivity (Wildman–Crippen MR) is 78.2 cm³/mol.